The van der Waals surface area contributed by atoms with Crippen LogP contribution in [0.1, 0.15) is 27.2 Å². The number of aryl methyl sites for hydroxylation is 1. The number of rotatable bonds is 6. The van der Waals surface area contributed by atoms with Crippen molar-refractivity contribution in [2.24, 2.45) is 0 Å². The zero-order valence-electron chi connectivity index (χ0n) is 18.3. The van der Waals surface area contributed by atoms with Crippen LogP contribution < -0.4 is 10.4 Å². The molecule has 1 aliphatic heterocycles. The molecule has 3 aromatic rings. The summed E-state index contributed by atoms with van der Waals surface area (Å²) in [6.45, 7) is 3.16. The van der Waals surface area contributed by atoms with Crippen LogP contribution in [0.15, 0.2) is 63.9 Å². The number of aromatic carboxylic acids is 1. The van der Waals surface area contributed by atoms with Gasteiger partial charge in [0.1, 0.15) is 18.1 Å². The van der Waals surface area contributed by atoms with Crippen molar-refractivity contribution in [3.05, 3.63) is 82.0 Å². The van der Waals surface area contributed by atoms with Crippen LogP contribution in [0, 0.1) is 13.8 Å². The van der Waals surface area contributed by atoms with Gasteiger partial charge in [0.05, 0.1) is 10.9 Å². The summed E-state index contributed by atoms with van der Waals surface area (Å²) >= 11 is 0.714. The van der Waals surface area contributed by atoms with E-state index < -0.39 is 29.6 Å². The van der Waals surface area contributed by atoms with Crippen LogP contribution in [0.2, 0.25) is 0 Å². The Morgan fingerprint density at radius 1 is 1.06 bits per heavy atom. The number of carboxylic acids is 1. The van der Waals surface area contributed by atoms with Crippen molar-refractivity contribution in [2.75, 3.05) is 11.9 Å². The SMILES string of the molecule is Cc1ccc(NC(=O)CN2C(=O)S/C(=C/c3ccc(-c4cccc(C(=O)[O-])c4C)o3)C2=O)cc1. The number of hydrogen-bond donors (Lipinski definition) is 1. The molecular formula is C25H19N2O6S-. The van der Waals surface area contributed by atoms with E-state index in [-0.39, 0.29) is 10.5 Å². The van der Waals surface area contributed by atoms with Gasteiger partial charge in [-0.2, -0.15) is 0 Å². The van der Waals surface area contributed by atoms with Crippen LogP contribution >= 0.6 is 11.8 Å². The van der Waals surface area contributed by atoms with E-state index in [2.05, 4.69) is 5.32 Å². The number of furan rings is 1. The van der Waals surface area contributed by atoms with Gasteiger partial charge in [0.2, 0.25) is 5.91 Å². The van der Waals surface area contributed by atoms with Crippen molar-refractivity contribution < 1.29 is 28.7 Å². The lowest BCUT2D eigenvalue weighted by Gasteiger charge is -2.12. The quantitative estimate of drug-likeness (QED) is 0.541. The van der Waals surface area contributed by atoms with Gasteiger partial charge in [0, 0.05) is 22.9 Å². The largest absolute Gasteiger partial charge is 0.545 e. The number of carbonyl (C=O) groups is 4. The first-order valence-corrected chi connectivity index (χ1v) is 11.1. The van der Waals surface area contributed by atoms with Gasteiger partial charge < -0.3 is 19.6 Å². The van der Waals surface area contributed by atoms with E-state index in [0.717, 1.165) is 10.5 Å². The molecule has 0 saturated carbocycles. The van der Waals surface area contributed by atoms with Crippen molar-refractivity contribution in [1.82, 2.24) is 4.90 Å². The van der Waals surface area contributed by atoms with Gasteiger partial charge in [-0.05, 0) is 55.4 Å². The molecule has 0 radical (unpaired) electrons. The number of thioether (sulfide) groups is 1. The molecule has 4 rings (SSSR count). The van der Waals surface area contributed by atoms with Crippen LogP contribution in [0.4, 0.5) is 10.5 Å². The Labute approximate surface area is 199 Å². The number of anilines is 1. The lowest BCUT2D eigenvalue weighted by atomic mass is 10.0. The number of carbonyl (C=O) groups excluding carboxylic acids is 4. The Balaban J connectivity index is 1.48. The number of carboxylic acid groups (broad SMARTS) is 1. The molecule has 0 bridgehead atoms. The molecule has 0 unspecified atom stereocenters. The summed E-state index contributed by atoms with van der Waals surface area (Å²) in [5.41, 5.74) is 2.72. The summed E-state index contributed by atoms with van der Waals surface area (Å²) in [4.78, 5) is 49.7. The van der Waals surface area contributed by atoms with Gasteiger partial charge in [0.15, 0.2) is 0 Å². The molecule has 0 spiro atoms. The molecule has 1 saturated heterocycles. The minimum atomic E-state index is -1.29. The van der Waals surface area contributed by atoms with E-state index in [1.165, 1.54) is 12.1 Å². The van der Waals surface area contributed by atoms with Crippen LogP contribution in [0.5, 0.6) is 0 Å². The third-order valence-electron chi connectivity index (χ3n) is 5.23. The Morgan fingerprint density at radius 2 is 1.79 bits per heavy atom. The maximum Gasteiger partial charge on any atom is 0.294 e. The summed E-state index contributed by atoms with van der Waals surface area (Å²) in [6.07, 6.45) is 1.42. The molecule has 2 heterocycles. The third kappa shape index (κ3) is 4.79. The summed E-state index contributed by atoms with van der Waals surface area (Å²) in [5, 5.41) is 13.4. The Hall–Kier alpha value is -4.11. The summed E-state index contributed by atoms with van der Waals surface area (Å²) < 4.78 is 5.77. The lowest BCUT2D eigenvalue weighted by molar-refractivity contribution is -0.255. The van der Waals surface area contributed by atoms with E-state index in [0.29, 0.717) is 40.1 Å². The molecule has 1 aliphatic rings. The van der Waals surface area contributed by atoms with E-state index >= 15 is 0 Å². The fraction of sp³-hybridized carbons (Fsp3) is 0.120. The Kier molecular flexibility index (Phi) is 6.38. The minimum Gasteiger partial charge on any atom is -0.545 e. The molecule has 34 heavy (non-hydrogen) atoms. The minimum absolute atomic E-state index is 0.0560. The predicted octanol–water partition coefficient (Wildman–Crippen LogP) is 3.60. The second-order valence-electron chi connectivity index (χ2n) is 7.65. The molecule has 1 aromatic heterocycles. The molecule has 0 aliphatic carbocycles. The first-order valence-electron chi connectivity index (χ1n) is 10.3. The van der Waals surface area contributed by atoms with Crippen molar-refractivity contribution in [1.29, 1.82) is 0 Å². The van der Waals surface area contributed by atoms with Gasteiger partial charge in [0.25, 0.3) is 11.1 Å². The van der Waals surface area contributed by atoms with E-state index in [1.54, 1.807) is 43.3 Å². The number of nitrogens with one attached hydrogen (secondary N) is 1. The summed E-state index contributed by atoms with van der Waals surface area (Å²) in [5.74, 6) is -1.66. The van der Waals surface area contributed by atoms with Crippen LogP contribution in [0.25, 0.3) is 17.4 Å². The molecule has 2 aromatic carbocycles. The summed E-state index contributed by atoms with van der Waals surface area (Å²) in [7, 11) is 0. The predicted molar refractivity (Wildman–Crippen MR) is 126 cm³/mol. The molecule has 8 nitrogen and oxygen atoms in total. The number of imide groups is 1. The highest BCUT2D eigenvalue weighted by molar-refractivity contribution is 8.18. The maximum atomic E-state index is 12.7. The van der Waals surface area contributed by atoms with Gasteiger partial charge in [-0.15, -0.1) is 0 Å². The van der Waals surface area contributed by atoms with Gasteiger partial charge in [-0.3, -0.25) is 19.3 Å². The van der Waals surface area contributed by atoms with Crippen LogP contribution in [-0.2, 0) is 9.59 Å². The smallest absolute Gasteiger partial charge is 0.294 e. The lowest BCUT2D eigenvalue weighted by Crippen LogP contribution is -2.36. The fourth-order valence-electron chi connectivity index (χ4n) is 3.45. The van der Waals surface area contributed by atoms with Crippen molar-refractivity contribution >= 4 is 46.5 Å². The monoisotopic (exact) mass is 475 g/mol. The van der Waals surface area contributed by atoms with Gasteiger partial charge >= 0.3 is 0 Å². The highest BCUT2D eigenvalue weighted by atomic mass is 32.2. The Bertz CT molecular complexity index is 1340. The average Bonchev–Trinajstić information content (AvgIpc) is 3.35. The molecule has 1 fully saturated rings. The highest BCUT2D eigenvalue weighted by Gasteiger charge is 2.36. The highest BCUT2D eigenvalue weighted by Crippen LogP contribution is 2.34. The fourth-order valence-corrected chi connectivity index (χ4v) is 4.26. The second kappa shape index (κ2) is 9.40. The zero-order valence-corrected chi connectivity index (χ0v) is 19.1. The van der Waals surface area contributed by atoms with Crippen LogP contribution in [0.3, 0.4) is 0 Å². The first-order chi connectivity index (χ1) is 16.2. The standard InChI is InChI=1S/C25H20N2O6S/c1-14-6-8-16(9-7-14)26-22(28)13-27-23(29)21(34-25(27)32)12-17-10-11-20(33-17)18-4-3-5-19(15(18)2)24(30)31/h3-12H,13H2,1-2H3,(H,26,28)(H,30,31)/p-1/b21-12+. The van der Waals surface area contributed by atoms with E-state index in [1.807, 2.05) is 19.1 Å². The zero-order chi connectivity index (χ0) is 24.4. The molecular weight excluding hydrogens is 456 g/mol. The first kappa shape index (κ1) is 23.1. The van der Waals surface area contributed by atoms with Crippen molar-refractivity contribution in [3.8, 4) is 11.3 Å². The normalized spacial score (nSPS) is 14.6. The average molecular weight is 476 g/mol. The topological polar surface area (TPSA) is 120 Å². The number of amides is 3. The molecule has 9 heteroatoms. The molecule has 3 amide bonds. The molecule has 1 N–H and O–H groups in total. The molecule has 0 atom stereocenters. The van der Waals surface area contributed by atoms with Crippen LogP contribution in [-0.4, -0.2) is 34.5 Å². The number of hydrogen-bond acceptors (Lipinski definition) is 7. The number of nitrogens with zero attached hydrogens (tertiary/aromatic N) is 1. The molecule has 172 valence electrons. The maximum absolute atomic E-state index is 12.7. The third-order valence-corrected chi connectivity index (χ3v) is 6.14. The Morgan fingerprint density at radius 3 is 2.50 bits per heavy atom. The van der Waals surface area contributed by atoms with E-state index in [4.69, 9.17) is 4.42 Å². The van der Waals surface area contributed by atoms with Gasteiger partial charge in [-0.1, -0.05) is 35.9 Å². The number of benzene rings is 2. The van der Waals surface area contributed by atoms with Crippen molar-refractivity contribution in [3.63, 3.8) is 0 Å². The summed E-state index contributed by atoms with van der Waals surface area (Å²) in [6, 6.07) is 15.2. The van der Waals surface area contributed by atoms with E-state index in [9.17, 15) is 24.3 Å². The van der Waals surface area contributed by atoms with Gasteiger partial charge in [-0.25, -0.2) is 0 Å². The second-order valence-corrected chi connectivity index (χ2v) is 8.64. The van der Waals surface area contributed by atoms with Crippen molar-refractivity contribution in [2.45, 2.75) is 13.8 Å².